The summed E-state index contributed by atoms with van der Waals surface area (Å²) in [5, 5.41) is 0.842. The van der Waals surface area contributed by atoms with Crippen molar-refractivity contribution in [3.63, 3.8) is 0 Å². The van der Waals surface area contributed by atoms with Crippen LogP contribution < -0.4 is 4.72 Å². The van der Waals surface area contributed by atoms with Crippen molar-refractivity contribution in [3.8, 4) is 10.4 Å². The molecule has 30 heavy (non-hydrogen) atoms. The molecule has 0 amide bonds. The average Bonchev–Trinajstić information content (AvgIpc) is 3.25. The number of hydrogen-bond acceptors (Lipinski definition) is 6. The zero-order valence-electron chi connectivity index (χ0n) is 16.1. The third-order valence-electron chi connectivity index (χ3n) is 4.07. The molecule has 3 rings (SSSR count). The lowest BCUT2D eigenvalue weighted by Crippen LogP contribution is -2.44. The maximum Gasteiger partial charge on any atom is 0.490 e. The van der Waals surface area contributed by atoms with Gasteiger partial charge >= 0.3 is 12.1 Å². The number of nitrogens with one attached hydrogen (secondary N) is 2. The summed E-state index contributed by atoms with van der Waals surface area (Å²) in [5.74, 6) is -2.38. The van der Waals surface area contributed by atoms with E-state index in [0.717, 1.165) is 28.0 Å². The Balaban J connectivity index is 1.78. The SMILES string of the molecule is Cc1cc2c(-c3ccc(S(=O)(=O)NCC(C)(C)OC(=O)C(F)(F)F)s3)ccnc2[nH]1. The number of hydrogen-bond donors (Lipinski definition) is 2. The van der Waals surface area contributed by atoms with Crippen LogP contribution >= 0.6 is 11.3 Å². The van der Waals surface area contributed by atoms with Gasteiger partial charge in [0.25, 0.3) is 0 Å². The summed E-state index contributed by atoms with van der Waals surface area (Å²) in [4.78, 5) is 19.0. The first-order chi connectivity index (χ1) is 13.8. The first kappa shape index (κ1) is 22.2. The summed E-state index contributed by atoms with van der Waals surface area (Å²) in [6, 6.07) is 6.72. The molecule has 0 unspecified atom stereocenters. The zero-order valence-corrected chi connectivity index (χ0v) is 17.8. The van der Waals surface area contributed by atoms with E-state index in [4.69, 9.17) is 0 Å². The predicted octanol–water partition coefficient (Wildman–Crippen LogP) is 3.76. The summed E-state index contributed by atoms with van der Waals surface area (Å²) in [5.41, 5.74) is 0.690. The van der Waals surface area contributed by atoms with Crippen LogP contribution in [-0.2, 0) is 19.6 Å². The number of carbonyl (C=O) groups is 1. The van der Waals surface area contributed by atoms with Crippen LogP contribution in [0.1, 0.15) is 19.5 Å². The number of fused-ring (bicyclic) bond motifs is 1. The van der Waals surface area contributed by atoms with E-state index in [1.54, 1.807) is 18.3 Å². The molecule has 0 aliphatic rings. The highest BCUT2D eigenvalue weighted by atomic mass is 32.2. The number of aryl methyl sites for hydroxylation is 1. The van der Waals surface area contributed by atoms with Gasteiger partial charge in [-0.15, -0.1) is 11.3 Å². The van der Waals surface area contributed by atoms with Gasteiger partial charge in [-0.25, -0.2) is 22.9 Å². The number of thiophene rings is 1. The number of esters is 1. The van der Waals surface area contributed by atoms with Crippen LogP contribution in [0.4, 0.5) is 13.2 Å². The maximum absolute atomic E-state index is 12.6. The standard InChI is InChI=1S/C18H18F3N3O4S2/c1-10-8-12-11(6-7-22-15(12)24-10)13-4-5-14(29-13)30(26,27)23-9-17(2,3)28-16(25)18(19,20)21/h4-8,23H,9H2,1-3H3,(H,22,24). The number of aromatic nitrogens is 2. The van der Waals surface area contributed by atoms with Crippen LogP contribution in [0.5, 0.6) is 0 Å². The smallest absolute Gasteiger partial charge is 0.452 e. The number of H-pyrrole nitrogens is 1. The van der Waals surface area contributed by atoms with E-state index in [-0.39, 0.29) is 4.21 Å². The fourth-order valence-electron chi connectivity index (χ4n) is 2.67. The highest BCUT2D eigenvalue weighted by Crippen LogP contribution is 2.35. The van der Waals surface area contributed by atoms with Gasteiger partial charge in [-0.05, 0) is 45.0 Å². The van der Waals surface area contributed by atoms with Crippen LogP contribution in [0.25, 0.3) is 21.5 Å². The molecule has 162 valence electrons. The van der Waals surface area contributed by atoms with Crippen molar-refractivity contribution in [3.05, 3.63) is 36.2 Å². The van der Waals surface area contributed by atoms with E-state index in [2.05, 4.69) is 19.4 Å². The Morgan fingerprint density at radius 3 is 2.63 bits per heavy atom. The zero-order chi connectivity index (χ0) is 22.3. The second kappa shape index (κ2) is 7.67. The monoisotopic (exact) mass is 461 g/mol. The predicted molar refractivity (Wildman–Crippen MR) is 106 cm³/mol. The van der Waals surface area contributed by atoms with Crippen molar-refractivity contribution >= 4 is 38.4 Å². The molecule has 0 aliphatic heterocycles. The Kier molecular flexibility index (Phi) is 5.69. The Bertz CT molecular complexity index is 1200. The molecule has 0 aliphatic carbocycles. The minimum absolute atomic E-state index is 0.0207. The van der Waals surface area contributed by atoms with Gasteiger partial charge < -0.3 is 9.72 Å². The van der Waals surface area contributed by atoms with Crippen LogP contribution in [0.2, 0.25) is 0 Å². The van der Waals surface area contributed by atoms with Crippen LogP contribution in [-0.4, -0.2) is 42.7 Å². The molecule has 0 saturated carbocycles. The molecule has 3 heterocycles. The molecule has 0 saturated heterocycles. The van der Waals surface area contributed by atoms with E-state index >= 15 is 0 Å². The minimum atomic E-state index is -5.16. The number of aromatic amines is 1. The topological polar surface area (TPSA) is 101 Å². The molecule has 7 nitrogen and oxygen atoms in total. The molecule has 0 aromatic carbocycles. The van der Waals surface area contributed by atoms with Gasteiger partial charge in [-0.3, -0.25) is 0 Å². The molecule has 2 N–H and O–H groups in total. The molecular weight excluding hydrogens is 443 g/mol. The van der Waals surface area contributed by atoms with Gasteiger partial charge in [0, 0.05) is 27.7 Å². The number of ether oxygens (including phenoxy) is 1. The quantitative estimate of drug-likeness (QED) is 0.545. The number of sulfonamides is 1. The van der Waals surface area contributed by atoms with Gasteiger partial charge in [0.15, 0.2) is 0 Å². The van der Waals surface area contributed by atoms with Crippen molar-refractivity contribution in [2.75, 3.05) is 6.54 Å². The molecule has 3 aromatic heterocycles. The molecule has 0 radical (unpaired) electrons. The van der Waals surface area contributed by atoms with E-state index in [1.165, 1.54) is 19.9 Å². The second-order valence-corrected chi connectivity index (χ2v) is 10.2. The van der Waals surface area contributed by atoms with Crippen molar-refractivity contribution in [1.82, 2.24) is 14.7 Å². The summed E-state index contributed by atoms with van der Waals surface area (Å²) < 4.78 is 68.9. The third kappa shape index (κ3) is 4.82. The number of carbonyl (C=O) groups excluding carboxylic acids is 1. The maximum atomic E-state index is 12.6. The number of halogens is 3. The second-order valence-electron chi connectivity index (χ2n) is 7.16. The van der Waals surface area contributed by atoms with Gasteiger partial charge in [0.05, 0.1) is 6.54 Å². The van der Waals surface area contributed by atoms with Crippen molar-refractivity contribution in [2.45, 2.75) is 36.8 Å². The summed E-state index contributed by atoms with van der Waals surface area (Å²) in [6.07, 6.45) is -3.55. The summed E-state index contributed by atoms with van der Waals surface area (Å²) in [6.45, 7) is 3.72. The molecule has 12 heteroatoms. The fraction of sp³-hybridized carbons (Fsp3) is 0.333. The van der Waals surface area contributed by atoms with Crippen LogP contribution in [0, 0.1) is 6.92 Å². The molecule has 0 fully saturated rings. The highest BCUT2D eigenvalue weighted by Gasteiger charge is 2.44. The van der Waals surface area contributed by atoms with E-state index in [1.807, 2.05) is 13.0 Å². The average molecular weight is 461 g/mol. The van der Waals surface area contributed by atoms with Crippen molar-refractivity contribution < 1.29 is 31.1 Å². The largest absolute Gasteiger partial charge is 0.490 e. The molecular formula is C18H18F3N3O4S2. The Morgan fingerprint density at radius 1 is 1.27 bits per heavy atom. The lowest BCUT2D eigenvalue weighted by Gasteiger charge is -2.25. The van der Waals surface area contributed by atoms with E-state index < -0.39 is 34.3 Å². The molecule has 0 atom stereocenters. The first-order valence-electron chi connectivity index (χ1n) is 8.63. The molecule has 3 aromatic rings. The fourth-order valence-corrected chi connectivity index (χ4v) is 5.26. The van der Waals surface area contributed by atoms with Crippen molar-refractivity contribution in [2.24, 2.45) is 0 Å². The van der Waals surface area contributed by atoms with E-state index in [9.17, 15) is 26.4 Å². The first-order valence-corrected chi connectivity index (χ1v) is 10.9. The number of nitrogens with zero attached hydrogens (tertiary/aromatic N) is 1. The van der Waals surface area contributed by atoms with E-state index in [0.29, 0.717) is 10.5 Å². The number of alkyl halides is 3. The minimum Gasteiger partial charge on any atom is -0.452 e. The highest BCUT2D eigenvalue weighted by molar-refractivity contribution is 7.91. The lowest BCUT2D eigenvalue weighted by molar-refractivity contribution is -0.210. The van der Waals surface area contributed by atoms with Gasteiger partial charge in [0.1, 0.15) is 15.5 Å². The normalized spacial score (nSPS) is 13.0. The van der Waals surface area contributed by atoms with Crippen molar-refractivity contribution in [1.29, 1.82) is 0 Å². The van der Waals surface area contributed by atoms with Crippen LogP contribution in [0.15, 0.2) is 34.7 Å². The van der Waals surface area contributed by atoms with Gasteiger partial charge in [-0.2, -0.15) is 13.2 Å². The summed E-state index contributed by atoms with van der Waals surface area (Å²) >= 11 is 1.01. The number of pyridine rings is 1. The van der Waals surface area contributed by atoms with Crippen LogP contribution in [0.3, 0.4) is 0 Å². The third-order valence-corrected chi connectivity index (χ3v) is 7.08. The lowest BCUT2D eigenvalue weighted by atomic mass is 10.1. The molecule has 0 bridgehead atoms. The van der Waals surface area contributed by atoms with Gasteiger partial charge in [-0.1, -0.05) is 0 Å². The van der Waals surface area contributed by atoms with Gasteiger partial charge in [0.2, 0.25) is 10.0 Å². The Morgan fingerprint density at radius 2 is 1.97 bits per heavy atom. The Hall–Kier alpha value is -2.44. The Labute approximate surface area is 174 Å². The number of rotatable bonds is 6. The summed E-state index contributed by atoms with van der Waals surface area (Å²) in [7, 11) is -4.03. The molecule has 0 spiro atoms.